The van der Waals surface area contributed by atoms with Crippen LogP contribution < -0.4 is 11.5 Å². The maximum Gasteiger partial charge on any atom is 0.271 e. The number of nitro groups is 1. The van der Waals surface area contributed by atoms with Crippen molar-refractivity contribution in [3.05, 3.63) is 46.5 Å². The van der Waals surface area contributed by atoms with Gasteiger partial charge in [0, 0.05) is 34.0 Å². The smallest absolute Gasteiger partial charge is 0.271 e. The highest BCUT2D eigenvalue weighted by Crippen LogP contribution is 2.35. The molecule has 6 heteroatoms. The predicted molar refractivity (Wildman–Crippen MR) is 74.6 cm³/mol. The average molecular weight is 261 g/mol. The van der Waals surface area contributed by atoms with E-state index in [1.165, 1.54) is 12.1 Å². The van der Waals surface area contributed by atoms with E-state index >= 15 is 0 Å². The number of benzene rings is 2. The van der Waals surface area contributed by atoms with E-state index in [0.717, 1.165) is 0 Å². The Balaban J connectivity index is 2.68. The lowest BCUT2D eigenvalue weighted by Gasteiger charge is -2.09. The number of anilines is 2. The number of non-ortho nitro benzene ring substituents is 1. The number of nitro benzene ring substituents is 1. The molecule has 0 heterocycles. The molecule has 0 amide bonds. The third-order valence-corrected chi connectivity index (χ3v) is 2.79. The number of nitrogens with zero attached hydrogens (tertiary/aromatic N) is 1. The van der Waals surface area contributed by atoms with E-state index in [-0.39, 0.29) is 5.69 Å². The third kappa shape index (κ3) is 2.23. The van der Waals surface area contributed by atoms with Gasteiger partial charge in [0.05, 0.1) is 4.92 Å². The van der Waals surface area contributed by atoms with E-state index in [4.69, 9.17) is 11.5 Å². The Kier molecular flexibility index (Phi) is 3.12. The molecule has 5 nitrogen and oxygen atoms in total. The van der Waals surface area contributed by atoms with Gasteiger partial charge in [-0.05, 0) is 23.8 Å². The molecular weight excluding hydrogens is 250 g/mol. The van der Waals surface area contributed by atoms with Crippen molar-refractivity contribution in [1.82, 2.24) is 0 Å². The molecule has 0 aliphatic carbocycles. The molecule has 2 aromatic rings. The molecule has 0 fully saturated rings. The normalized spacial score (nSPS) is 10.3. The van der Waals surface area contributed by atoms with Gasteiger partial charge in [-0.15, -0.1) is 12.6 Å². The highest BCUT2D eigenvalue weighted by atomic mass is 32.1. The summed E-state index contributed by atoms with van der Waals surface area (Å²) < 4.78 is 0. The minimum Gasteiger partial charge on any atom is -0.398 e. The molecule has 92 valence electrons. The largest absolute Gasteiger partial charge is 0.398 e. The summed E-state index contributed by atoms with van der Waals surface area (Å²) in [5.74, 6) is 0. The number of nitrogen functional groups attached to an aromatic ring is 2. The van der Waals surface area contributed by atoms with E-state index in [1.54, 1.807) is 24.3 Å². The molecule has 0 aromatic heterocycles. The van der Waals surface area contributed by atoms with Crippen molar-refractivity contribution in [3.63, 3.8) is 0 Å². The summed E-state index contributed by atoms with van der Waals surface area (Å²) in [6.07, 6.45) is 0. The lowest BCUT2D eigenvalue weighted by atomic mass is 10.0. The van der Waals surface area contributed by atoms with Gasteiger partial charge in [0.2, 0.25) is 0 Å². The maximum absolute atomic E-state index is 10.8. The first-order valence-electron chi connectivity index (χ1n) is 5.12. The summed E-state index contributed by atoms with van der Waals surface area (Å²) in [4.78, 5) is 10.8. The first kappa shape index (κ1) is 12.3. The van der Waals surface area contributed by atoms with Gasteiger partial charge in [-0.25, -0.2) is 0 Å². The molecule has 4 N–H and O–H groups in total. The molecule has 2 aromatic carbocycles. The summed E-state index contributed by atoms with van der Waals surface area (Å²) in [6, 6.07) is 9.63. The second-order valence-electron chi connectivity index (χ2n) is 3.81. The molecule has 0 saturated carbocycles. The van der Waals surface area contributed by atoms with Crippen molar-refractivity contribution >= 4 is 29.7 Å². The van der Waals surface area contributed by atoms with Gasteiger partial charge in [0.1, 0.15) is 0 Å². The van der Waals surface area contributed by atoms with Gasteiger partial charge in [-0.2, -0.15) is 0 Å². The highest BCUT2D eigenvalue weighted by Gasteiger charge is 2.13. The summed E-state index contributed by atoms with van der Waals surface area (Å²) in [5.41, 5.74) is 13.8. The first-order chi connectivity index (χ1) is 8.49. The summed E-state index contributed by atoms with van der Waals surface area (Å²) in [6.45, 7) is 0. The minimum absolute atomic E-state index is 0.0415. The second-order valence-corrected chi connectivity index (χ2v) is 4.32. The minimum atomic E-state index is -0.474. The Morgan fingerprint density at radius 1 is 1.11 bits per heavy atom. The molecule has 0 bridgehead atoms. The van der Waals surface area contributed by atoms with E-state index in [9.17, 15) is 10.1 Å². The van der Waals surface area contributed by atoms with Crippen LogP contribution in [-0.4, -0.2) is 4.92 Å². The van der Waals surface area contributed by atoms with Crippen LogP contribution in [0.2, 0.25) is 0 Å². The van der Waals surface area contributed by atoms with Crippen molar-refractivity contribution in [1.29, 1.82) is 0 Å². The van der Waals surface area contributed by atoms with Crippen LogP contribution in [0, 0.1) is 10.1 Å². The van der Waals surface area contributed by atoms with E-state index < -0.39 is 4.92 Å². The van der Waals surface area contributed by atoms with Crippen LogP contribution in [0.15, 0.2) is 41.3 Å². The molecule has 0 radical (unpaired) electrons. The highest BCUT2D eigenvalue weighted by molar-refractivity contribution is 7.80. The predicted octanol–water partition coefficient (Wildman–Crippen LogP) is 2.71. The summed E-state index contributed by atoms with van der Waals surface area (Å²) in [5, 5.41) is 10.8. The van der Waals surface area contributed by atoms with Crippen LogP contribution in [0.5, 0.6) is 0 Å². The van der Waals surface area contributed by atoms with Crippen molar-refractivity contribution in [3.8, 4) is 11.1 Å². The third-order valence-electron chi connectivity index (χ3n) is 2.53. The zero-order valence-electron chi connectivity index (χ0n) is 9.33. The zero-order valence-corrected chi connectivity index (χ0v) is 10.2. The van der Waals surface area contributed by atoms with Crippen LogP contribution >= 0.6 is 12.6 Å². The Morgan fingerprint density at radius 2 is 1.72 bits per heavy atom. The quantitative estimate of drug-likeness (QED) is 0.335. The zero-order chi connectivity index (χ0) is 13.3. The Labute approximate surface area is 109 Å². The topological polar surface area (TPSA) is 95.2 Å². The van der Waals surface area contributed by atoms with Crippen LogP contribution in [0.4, 0.5) is 17.1 Å². The second kappa shape index (κ2) is 4.58. The van der Waals surface area contributed by atoms with Gasteiger partial charge in [0.25, 0.3) is 5.69 Å². The van der Waals surface area contributed by atoms with E-state index in [0.29, 0.717) is 27.4 Å². The van der Waals surface area contributed by atoms with Crippen LogP contribution in [0.1, 0.15) is 0 Å². The van der Waals surface area contributed by atoms with Gasteiger partial charge >= 0.3 is 0 Å². The van der Waals surface area contributed by atoms with E-state index in [1.807, 2.05) is 0 Å². The summed E-state index contributed by atoms with van der Waals surface area (Å²) in [7, 11) is 0. The van der Waals surface area contributed by atoms with Gasteiger partial charge in [-0.3, -0.25) is 10.1 Å². The standard InChI is InChI=1S/C12H11N3O2S/c13-10-2-1-3-11(14)12(10)7-4-8(15(16)17)6-9(18)5-7/h1-6,18H,13-14H2. The molecule has 0 unspecified atom stereocenters. The molecule has 18 heavy (non-hydrogen) atoms. The monoisotopic (exact) mass is 261 g/mol. The fourth-order valence-electron chi connectivity index (χ4n) is 1.77. The fourth-order valence-corrected chi connectivity index (χ4v) is 2.04. The van der Waals surface area contributed by atoms with Gasteiger partial charge in [0.15, 0.2) is 0 Å². The molecule has 2 rings (SSSR count). The number of thiol groups is 1. The van der Waals surface area contributed by atoms with Crippen LogP contribution in [0.25, 0.3) is 11.1 Å². The lowest BCUT2D eigenvalue weighted by molar-refractivity contribution is -0.385. The number of hydrogen-bond donors (Lipinski definition) is 3. The number of rotatable bonds is 2. The van der Waals surface area contributed by atoms with Crippen molar-refractivity contribution < 1.29 is 4.92 Å². The Bertz CT molecular complexity index is 608. The molecule has 0 atom stereocenters. The average Bonchev–Trinajstić information content (AvgIpc) is 2.28. The van der Waals surface area contributed by atoms with Crippen molar-refractivity contribution in [2.45, 2.75) is 4.90 Å². The lowest BCUT2D eigenvalue weighted by Crippen LogP contribution is -1.97. The SMILES string of the molecule is Nc1cccc(N)c1-c1cc(S)cc([N+](=O)[O-])c1. The Hall–Kier alpha value is -2.21. The fraction of sp³-hybridized carbons (Fsp3) is 0. The molecular formula is C12H11N3O2S. The van der Waals surface area contributed by atoms with Gasteiger partial charge in [-0.1, -0.05) is 6.07 Å². The van der Waals surface area contributed by atoms with Crippen LogP contribution in [0.3, 0.4) is 0 Å². The number of hydrogen-bond acceptors (Lipinski definition) is 5. The molecule has 0 aliphatic heterocycles. The van der Waals surface area contributed by atoms with Crippen molar-refractivity contribution in [2.24, 2.45) is 0 Å². The first-order valence-corrected chi connectivity index (χ1v) is 5.56. The van der Waals surface area contributed by atoms with Crippen LogP contribution in [-0.2, 0) is 0 Å². The molecule has 0 aliphatic rings. The molecule has 0 spiro atoms. The Morgan fingerprint density at radius 3 is 2.28 bits per heavy atom. The number of nitrogens with two attached hydrogens (primary N) is 2. The maximum atomic E-state index is 10.8. The van der Waals surface area contributed by atoms with E-state index in [2.05, 4.69) is 12.6 Å². The van der Waals surface area contributed by atoms with Crippen molar-refractivity contribution in [2.75, 3.05) is 11.5 Å². The molecule has 0 saturated heterocycles. The summed E-state index contributed by atoms with van der Waals surface area (Å²) >= 11 is 4.15. The van der Waals surface area contributed by atoms with Gasteiger partial charge < -0.3 is 11.5 Å².